The topological polar surface area (TPSA) is 57.9 Å². The van der Waals surface area contributed by atoms with Crippen molar-refractivity contribution in [3.63, 3.8) is 0 Å². The minimum absolute atomic E-state index is 0.259. The fraction of sp³-hybridized carbons (Fsp3) is 0.115. The zero-order valence-corrected chi connectivity index (χ0v) is 17.3. The highest BCUT2D eigenvalue weighted by molar-refractivity contribution is 6.15. The molecular formula is C26H22O5. The molecule has 156 valence electrons. The highest BCUT2D eigenvalue weighted by atomic mass is 16.5. The van der Waals surface area contributed by atoms with Crippen LogP contribution in [0.15, 0.2) is 83.5 Å². The largest absolute Gasteiger partial charge is 0.495 e. The number of furan rings is 1. The van der Waals surface area contributed by atoms with E-state index in [0.717, 1.165) is 11.1 Å². The van der Waals surface area contributed by atoms with Gasteiger partial charge >= 0.3 is 0 Å². The van der Waals surface area contributed by atoms with Gasteiger partial charge in [-0.3, -0.25) is 4.79 Å². The second-order valence-corrected chi connectivity index (χ2v) is 6.82. The first-order valence-electron chi connectivity index (χ1n) is 9.82. The summed E-state index contributed by atoms with van der Waals surface area (Å²) in [5.74, 6) is 0.766. The van der Waals surface area contributed by atoms with Crippen molar-refractivity contribution in [1.29, 1.82) is 0 Å². The van der Waals surface area contributed by atoms with E-state index in [-0.39, 0.29) is 23.7 Å². The fourth-order valence-corrected chi connectivity index (χ4v) is 3.43. The Balaban J connectivity index is 1.82. The monoisotopic (exact) mass is 414 g/mol. The van der Waals surface area contributed by atoms with E-state index in [1.165, 1.54) is 26.6 Å². The number of benzene rings is 3. The molecule has 31 heavy (non-hydrogen) atoms. The summed E-state index contributed by atoms with van der Waals surface area (Å²) in [4.78, 5) is 13.3. The van der Waals surface area contributed by atoms with Crippen LogP contribution < -0.4 is 14.2 Å². The zero-order chi connectivity index (χ0) is 21.6. The molecule has 4 aromatic rings. The first-order chi connectivity index (χ1) is 15.2. The minimum Gasteiger partial charge on any atom is -0.495 e. The third-order valence-electron chi connectivity index (χ3n) is 4.88. The molecule has 1 heterocycles. The summed E-state index contributed by atoms with van der Waals surface area (Å²) in [7, 11) is 3.04. The molecule has 4 rings (SSSR count). The molecule has 0 saturated heterocycles. The maximum atomic E-state index is 13.3. The predicted octanol–water partition coefficient (Wildman–Crippen LogP) is 5.93. The highest BCUT2D eigenvalue weighted by Gasteiger charge is 2.28. The summed E-state index contributed by atoms with van der Waals surface area (Å²) in [5.41, 5.74) is 2.63. The predicted molar refractivity (Wildman–Crippen MR) is 120 cm³/mol. The van der Waals surface area contributed by atoms with E-state index in [1.54, 1.807) is 12.1 Å². The number of ether oxygens (including phenoxy) is 3. The summed E-state index contributed by atoms with van der Waals surface area (Å²) >= 11 is 0. The number of hydrogen-bond acceptors (Lipinski definition) is 5. The van der Waals surface area contributed by atoms with Crippen LogP contribution in [0, 0.1) is 0 Å². The van der Waals surface area contributed by atoms with Crippen LogP contribution in [0.25, 0.3) is 17.0 Å². The molecule has 5 nitrogen and oxygen atoms in total. The molecule has 5 heteroatoms. The molecule has 0 atom stereocenters. The number of carbonyl (C=O) groups excluding carboxylic acids is 1. The quantitative estimate of drug-likeness (QED) is 0.264. The smallest absolute Gasteiger partial charge is 0.205 e. The van der Waals surface area contributed by atoms with Gasteiger partial charge in [0.25, 0.3) is 0 Å². The Morgan fingerprint density at radius 3 is 2.23 bits per heavy atom. The third-order valence-corrected chi connectivity index (χ3v) is 4.88. The van der Waals surface area contributed by atoms with E-state index in [1.807, 2.05) is 60.7 Å². The number of ketones is 1. The molecular weight excluding hydrogens is 392 g/mol. The second kappa shape index (κ2) is 9.22. The number of fused-ring (bicyclic) bond motifs is 1. The third kappa shape index (κ3) is 4.16. The van der Waals surface area contributed by atoms with Crippen LogP contribution in [0.5, 0.6) is 17.2 Å². The Kier molecular flexibility index (Phi) is 6.03. The van der Waals surface area contributed by atoms with Crippen molar-refractivity contribution in [1.82, 2.24) is 0 Å². The normalized spacial score (nSPS) is 11.0. The number of methoxy groups -OCH3 is 2. The van der Waals surface area contributed by atoms with Gasteiger partial charge in [0.15, 0.2) is 17.1 Å². The molecule has 0 aliphatic heterocycles. The standard InChI is InChI=1S/C26H22O5/c1-28-23-20-15-16-30-24(20)26(29-2)25(31-17-19-11-7-4-8-12-19)22(23)21(27)14-13-18-9-5-3-6-10-18/h3-16H,17H2,1-2H3. The molecule has 3 aromatic carbocycles. The van der Waals surface area contributed by atoms with Gasteiger partial charge in [-0.15, -0.1) is 0 Å². The lowest BCUT2D eigenvalue weighted by molar-refractivity contribution is 0.104. The molecule has 1 aromatic heterocycles. The summed E-state index contributed by atoms with van der Waals surface area (Å²) < 4.78 is 23.0. The van der Waals surface area contributed by atoms with E-state index in [9.17, 15) is 4.79 Å². The van der Waals surface area contributed by atoms with Crippen molar-refractivity contribution < 1.29 is 23.4 Å². The molecule has 0 N–H and O–H groups in total. The van der Waals surface area contributed by atoms with Gasteiger partial charge in [0.05, 0.1) is 25.9 Å². The van der Waals surface area contributed by atoms with E-state index in [2.05, 4.69) is 0 Å². The molecule has 0 spiro atoms. The summed E-state index contributed by atoms with van der Waals surface area (Å²) in [6.45, 7) is 0.259. The zero-order valence-electron chi connectivity index (χ0n) is 17.3. The number of hydrogen-bond donors (Lipinski definition) is 0. The van der Waals surface area contributed by atoms with Gasteiger partial charge in [0.2, 0.25) is 5.75 Å². The van der Waals surface area contributed by atoms with E-state index < -0.39 is 0 Å². The lowest BCUT2D eigenvalue weighted by Gasteiger charge is -2.17. The van der Waals surface area contributed by atoms with E-state index in [0.29, 0.717) is 22.5 Å². The first-order valence-corrected chi connectivity index (χ1v) is 9.82. The van der Waals surface area contributed by atoms with Crippen molar-refractivity contribution in [2.75, 3.05) is 14.2 Å². The Morgan fingerprint density at radius 2 is 1.55 bits per heavy atom. The van der Waals surface area contributed by atoms with Crippen LogP contribution in [0.3, 0.4) is 0 Å². The van der Waals surface area contributed by atoms with Crippen LogP contribution in [0.4, 0.5) is 0 Å². The summed E-state index contributed by atoms with van der Waals surface area (Å²) in [5, 5.41) is 0.642. The van der Waals surface area contributed by atoms with Crippen molar-refractivity contribution in [2.45, 2.75) is 6.61 Å². The Labute approximate surface area is 180 Å². The highest BCUT2D eigenvalue weighted by Crippen LogP contribution is 2.47. The molecule has 0 bridgehead atoms. The molecule has 0 aliphatic rings. The van der Waals surface area contributed by atoms with Crippen molar-refractivity contribution in [3.8, 4) is 17.2 Å². The van der Waals surface area contributed by atoms with Crippen molar-refractivity contribution >= 4 is 22.8 Å². The first kappa shape index (κ1) is 20.3. The van der Waals surface area contributed by atoms with Gasteiger partial charge in [-0.05, 0) is 23.3 Å². The molecule has 0 fully saturated rings. The number of carbonyl (C=O) groups is 1. The van der Waals surface area contributed by atoms with E-state index in [4.69, 9.17) is 18.6 Å². The second-order valence-electron chi connectivity index (χ2n) is 6.82. The van der Waals surface area contributed by atoms with Crippen molar-refractivity contribution in [3.05, 3.63) is 95.8 Å². The summed E-state index contributed by atoms with van der Waals surface area (Å²) in [6.07, 6.45) is 4.80. The van der Waals surface area contributed by atoms with Gasteiger partial charge in [0.1, 0.15) is 17.9 Å². The Bertz CT molecular complexity index is 1210. The molecule has 0 radical (unpaired) electrons. The van der Waals surface area contributed by atoms with Crippen LogP contribution in [0.1, 0.15) is 21.5 Å². The van der Waals surface area contributed by atoms with Gasteiger partial charge < -0.3 is 18.6 Å². The number of rotatable bonds is 8. The Hall–Kier alpha value is -3.99. The average Bonchev–Trinajstić information content (AvgIpc) is 3.30. The van der Waals surface area contributed by atoms with Gasteiger partial charge in [-0.2, -0.15) is 0 Å². The van der Waals surface area contributed by atoms with Crippen LogP contribution >= 0.6 is 0 Å². The molecule has 0 aliphatic carbocycles. The molecule has 0 amide bonds. The Morgan fingerprint density at radius 1 is 0.871 bits per heavy atom. The molecule has 0 unspecified atom stereocenters. The maximum absolute atomic E-state index is 13.3. The fourth-order valence-electron chi connectivity index (χ4n) is 3.43. The van der Waals surface area contributed by atoms with Gasteiger partial charge in [-0.25, -0.2) is 0 Å². The summed E-state index contributed by atoms with van der Waals surface area (Å²) in [6, 6.07) is 21.1. The maximum Gasteiger partial charge on any atom is 0.205 e. The van der Waals surface area contributed by atoms with Crippen LogP contribution in [-0.2, 0) is 6.61 Å². The van der Waals surface area contributed by atoms with Crippen molar-refractivity contribution in [2.24, 2.45) is 0 Å². The van der Waals surface area contributed by atoms with Crippen LogP contribution in [-0.4, -0.2) is 20.0 Å². The lowest BCUT2D eigenvalue weighted by Crippen LogP contribution is -2.07. The van der Waals surface area contributed by atoms with Crippen LogP contribution in [0.2, 0.25) is 0 Å². The van der Waals surface area contributed by atoms with Gasteiger partial charge in [0, 0.05) is 0 Å². The minimum atomic E-state index is -0.259. The molecule has 0 saturated carbocycles. The van der Waals surface area contributed by atoms with Gasteiger partial charge in [-0.1, -0.05) is 66.7 Å². The SMILES string of the molecule is COc1c(C(=O)C=Cc2ccccc2)c(OCc2ccccc2)c(OC)c2occc12. The van der Waals surface area contributed by atoms with E-state index >= 15 is 0 Å². The average molecular weight is 414 g/mol. The number of allylic oxidation sites excluding steroid dienone is 1. The lowest BCUT2D eigenvalue weighted by atomic mass is 10.0.